The first-order chi connectivity index (χ1) is 14.0. The Balaban J connectivity index is 1.17. The van der Waals surface area contributed by atoms with Crippen LogP contribution in [-0.2, 0) is 9.59 Å². The van der Waals surface area contributed by atoms with Gasteiger partial charge in [-0.1, -0.05) is 0 Å². The van der Waals surface area contributed by atoms with Gasteiger partial charge < -0.3 is 15.1 Å². The van der Waals surface area contributed by atoms with E-state index in [1.807, 2.05) is 11.8 Å². The van der Waals surface area contributed by atoms with E-state index in [0.717, 1.165) is 37.0 Å². The number of nitrogens with zero attached hydrogens (tertiary/aromatic N) is 4. The summed E-state index contributed by atoms with van der Waals surface area (Å²) in [5.41, 5.74) is -0.202. The third kappa shape index (κ3) is 3.49. The normalized spacial score (nSPS) is 34.2. The quantitative estimate of drug-likeness (QED) is 0.839. The highest BCUT2D eigenvalue weighted by Gasteiger charge is 2.54. The fourth-order valence-corrected chi connectivity index (χ4v) is 6.66. The van der Waals surface area contributed by atoms with Gasteiger partial charge in [0.15, 0.2) is 0 Å². The summed E-state index contributed by atoms with van der Waals surface area (Å²) in [6, 6.07) is 1.34. The lowest BCUT2D eigenvalue weighted by molar-refractivity contribution is -0.149. The van der Waals surface area contributed by atoms with Crippen LogP contribution in [0.4, 0.5) is 5.95 Å². The van der Waals surface area contributed by atoms with Crippen molar-refractivity contribution < 1.29 is 9.59 Å². The minimum absolute atomic E-state index is 0.0247. The highest BCUT2D eigenvalue weighted by molar-refractivity contribution is 5.90. The van der Waals surface area contributed by atoms with Crippen molar-refractivity contribution in [1.82, 2.24) is 20.2 Å². The van der Waals surface area contributed by atoms with Crippen LogP contribution >= 0.6 is 0 Å². The topological polar surface area (TPSA) is 78.4 Å². The van der Waals surface area contributed by atoms with Gasteiger partial charge >= 0.3 is 0 Å². The van der Waals surface area contributed by atoms with Crippen molar-refractivity contribution in [3.63, 3.8) is 0 Å². The number of carbonyl (C=O) groups is 2. The first-order valence-corrected chi connectivity index (χ1v) is 11.1. The van der Waals surface area contributed by atoms with Crippen LogP contribution in [0.5, 0.6) is 0 Å². The molecule has 1 N–H and O–H groups in total. The van der Waals surface area contributed by atoms with E-state index in [2.05, 4.69) is 20.2 Å². The third-order valence-corrected chi connectivity index (χ3v) is 7.66. The maximum Gasteiger partial charge on any atom is 0.244 e. The second-order valence-corrected chi connectivity index (χ2v) is 9.75. The molecule has 5 aliphatic rings. The molecule has 5 fully saturated rings. The number of hydrogen-bond donors (Lipinski definition) is 1. The van der Waals surface area contributed by atoms with Crippen LogP contribution in [0.3, 0.4) is 0 Å². The van der Waals surface area contributed by atoms with Gasteiger partial charge in [0, 0.05) is 44.0 Å². The predicted molar refractivity (Wildman–Crippen MR) is 109 cm³/mol. The van der Waals surface area contributed by atoms with Crippen LogP contribution in [0.15, 0.2) is 18.5 Å². The van der Waals surface area contributed by atoms with Gasteiger partial charge in [0.05, 0.1) is 0 Å². The number of aromatic nitrogens is 2. The van der Waals surface area contributed by atoms with E-state index in [1.165, 1.54) is 19.3 Å². The predicted octanol–water partition coefficient (Wildman–Crippen LogP) is 1.85. The second kappa shape index (κ2) is 7.26. The second-order valence-electron chi connectivity index (χ2n) is 9.75. The zero-order chi connectivity index (χ0) is 20.0. The molecule has 1 aromatic rings. The molecule has 4 saturated carbocycles. The number of nitrogens with one attached hydrogen (secondary N) is 1. The van der Waals surface area contributed by atoms with E-state index in [1.54, 1.807) is 18.5 Å². The fourth-order valence-electron chi connectivity index (χ4n) is 6.66. The minimum Gasteiger partial charge on any atom is -0.344 e. The SMILES string of the molecule is C[C@H](NC(=O)C12CC3CC(CC(C3)C1)C2)C(=O)N1CCN(c2ncccn2)CC1. The van der Waals surface area contributed by atoms with E-state index in [9.17, 15) is 9.59 Å². The molecular formula is C22H31N5O2. The summed E-state index contributed by atoms with van der Waals surface area (Å²) in [5, 5.41) is 3.11. The van der Waals surface area contributed by atoms with E-state index in [0.29, 0.717) is 32.1 Å². The molecule has 1 atom stereocenters. The molecule has 0 unspecified atom stereocenters. The van der Waals surface area contributed by atoms with Crippen molar-refractivity contribution in [3.05, 3.63) is 18.5 Å². The Labute approximate surface area is 172 Å². The zero-order valence-electron chi connectivity index (χ0n) is 17.2. The largest absolute Gasteiger partial charge is 0.344 e. The summed E-state index contributed by atoms with van der Waals surface area (Å²) in [6.07, 6.45) is 10.5. The summed E-state index contributed by atoms with van der Waals surface area (Å²) in [4.78, 5) is 38.7. The Kier molecular flexibility index (Phi) is 4.71. The molecule has 2 heterocycles. The molecule has 2 amide bonds. The van der Waals surface area contributed by atoms with Crippen molar-refractivity contribution in [1.29, 1.82) is 0 Å². The summed E-state index contributed by atoms with van der Waals surface area (Å²) in [7, 11) is 0. The summed E-state index contributed by atoms with van der Waals surface area (Å²) < 4.78 is 0. The first-order valence-electron chi connectivity index (χ1n) is 11.1. The smallest absolute Gasteiger partial charge is 0.244 e. The zero-order valence-corrected chi connectivity index (χ0v) is 17.2. The number of anilines is 1. The van der Waals surface area contributed by atoms with E-state index >= 15 is 0 Å². The molecule has 0 spiro atoms. The molecule has 0 aromatic carbocycles. The molecule has 1 saturated heterocycles. The maximum absolute atomic E-state index is 13.2. The molecule has 7 nitrogen and oxygen atoms in total. The average molecular weight is 398 g/mol. The molecule has 1 aliphatic heterocycles. The number of rotatable bonds is 4. The van der Waals surface area contributed by atoms with Gasteiger partial charge in [0.25, 0.3) is 0 Å². The Bertz CT molecular complexity index is 739. The fraction of sp³-hybridized carbons (Fsp3) is 0.727. The lowest BCUT2D eigenvalue weighted by atomic mass is 9.49. The number of piperazine rings is 1. The van der Waals surface area contributed by atoms with Crippen molar-refractivity contribution in [2.75, 3.05) is 31.1 Å². The van der Waals surface area contributed by atoms with Crippen LogP contribution in [0, 0.1) is 23.2 Å². The van der Waals surface area contributed by atoms with Gasteiger partial charge in [-0.15, -0.1) is 0 Å². The monoisotopic (exact) mass is 397 g/mol. The van der Waals surface area contributed by atoms with Gasteiger partial charge in [-0.3, -0.25) is 9.59 Å². The summed E-state index contributed by atoms with van der Waals surface area (Å²) in [5.74, 6) is 3.05. The van der Waals surface area contributed by atoms with Gasteiger partial charge in [0.2, 0.25) is 17.8 Å². The van der Waals surface area contributed by atoms with Crippen LogP contribution < -0.4 is 10.2 Å². The standard InChI is InChI=1S/C22H31N5O2/c1-15(19(28)26-5-7-27(8-6-26)21-23-3-2-4-24-21)25-20(29)22-12-16-9-17(13-22)11-18(10-16)14-22/h2-4,15-18H,5-14H2,1H3,(H,25,29)/t15-,16?,17?,18?,22?/m0/s1. The lowest BCUT2D eigenvalue weighted by Crippen LogP contribution is -2.58. The minimum atomic E-state index is -0.463. The Morgan fingerprint density at radius 2 is 1.55 bits per heavy atom. The molecule has 4 bridgehead atoms. The van der Waals surface area contributed by atoms with Gasteiger partial charge in [-0.05, 0) is 69.3 Å². The van der Waals surface area contributed by atoms with E-state index in [-0.39, 0.29) is 17.2 Å². The summed E-state index contributed by atoms with van der Waals surface area (Å²) >= 11 is 0. The highest BCUT2D eigenvalue weighted by Crippen LogP contribution is 2.60. The number of amides is 2. The maximum atomic E-state index is 13.2. The van der Waals surface area contributed by atoms with Crippen molar-refractivity contribution in [3.8, 4) is 0 Å². The Morgan fingerprint density at radius 1 is 1.00 bits per heavy atom. The van der Waals surface area contributed by atoms with E-state index < -0.39 is 6.04 Å². The van der Waals surface area contributed by atoms with Crippen molar-refractivity contribution in [2.24, 2.45) is 23.2 Å². The van der Waals surface area contributed by atoms with Crippen LogP contribution in [0.25, 0.3) is 0 Å². The lowest BCUT2D eigenvalue weighted by Gasteiger charge is -2.55. The van der Waals surface area contributed by atoms with Gasteiger partial charge in [0.1, 0.15) is 6.04 Å². The first kappa shape index (κ1) is 18.8. The molecular weight excluding hydrogens is 366 g/mol. The van der Waals surface area contributed by atoms with Crippen molar-refractivity contribution >= 4 is 17.8 Å². The molecule has 4 aliphatic carbocycles. The van der Waals surface area contributed by atoms with Gasteiger partial charge in [-0.2, -0.15) is 0 Å². The average Bonchev–Trinajstić information content (AvgIpc) is 2.73. The highest BCUT2D eigenvalue weighted by atomic mass is 16.2. The molecule has 7 heteroatoms. The molecule has 29 heavy (non-hydrogen) atoms. The van der Waals surface area contributed by atoms with Crippen LogP contribution in [0.1, 0.15) is 45.4 Å². The number of hydrogen-bond acceptors (Lipinski definition) is 5. The van der Waals surface area contributed by atoms with Crippen LogP contribution in [0.2, 0.25) is 0 Å². The van der Waals surface area contributed by atoms with E-state index in [4.69, 9.17) is 0 Å². The third-order valence-electron chi connectivity index (χ3n) is 7.66. The molecule has 1 aromatic heterocycles. The molecule has 6 rings (SSSR count). The van der Waals surface area contributed by atoms with Gasteiger partial charge in [-0.25, -0.2) is 9.97 Å². The molecule has 0 radical (unpaired) electrons. The van der Waals surface area contributed by atoms with Crippen molar-refractivity contribution in [2.45, 2.75) is 51.5 Å². The Hall–Kier alpha value is -2.18. The van der Waals surface area contributed by atoms with Crippen LogP contribution in [-0.4, -0.2) is 58.9 Å². The number of carbonyl (C=O) groups excluding carboxylic acids is 2. The Morgan fingerprint density at radius 3 is 2.10 bits per heavy atom. The molecule has 156 valence electrons. The summed E-state index contributed by atoms with van der Waals surface area (Å²) in [6.45, 7) is 4.54.